The van der Waals surface area contributed by atoms with Crippen LogP contribution in [-0.2, 0) is 0 Å². The predicted octanol–water partition coefficient (Wildman–Crippen LogP) is 3.93. The minimum atomic E-state index is -1.03. The first kappa shape index (κ1) is 12.3. The Bertz CT molecular complexity index is 570. The molecule has 0 aliphatic carbocycles. The Labute approximate surface area is 114 Å². The Kier molecular flexibility index (Phi) is 3.63. The van der Waals surface area contributed by atoms with Gasteiger partial charge in [0.1, 0.15) is 5.82 Å². The quantitative estimate of drug-likeness (QED) is 0.813. The van der Waals surface area contributed by atoms with Crippen LogP contribution in [0.25, 0.3) is 0 Å². The number of halogens is 2. The average Bonchev–Trinajstić information content (AvgIpc) is 2.70. The van der Waals surface area contributed by atoms with Crippen molar-refractivity contribution in [3.63, 3.8) is 0 Å². The molecule has 0 saturated carbocycles. The fourth-order valence-corrected chi connectivity index (χ4v) is 2.50. The minimum absolute atomic E-state index is 0.146. The van der Waals surface area contributed by atoms with Gasteiger partial charge in [-0.25, -0.2) is 9.18 Å². The van der Waals surface area contributed by atoms with Crippen molar-refractivity contribution in [2.75, 3.05) is 5.32 Å². The van der Waals surface area contributed by atoms with Gasteiger partial charge in [0.25, 0.3) is 0 Å². The van der Waals surface area contributed by atoms with Crippen LogP contribution in [0.1, 0.15) is 10.4 Å². The van der Waals surface area contributed by atoms with Crippen molar-refractivity contribution in [3.05, 3.63) is 43.9 Å². The van der Waals surface area contributed by atoms with Gasteiger partial charge in [0, 0.05) is 14.3 Å². The second-order valence-electron chi connectivity index (χ2n) is 3.25. The van der Waals surface area contributed by atoms with Crippen molar-refractivity contribution < 1.29 is 14.3 Å². The standard InChI is InChI=1S/C11H7FINO2S/c12-8-3-6(13)1-2-9(8)14-10-5-17-4-7(10)11(15)16/h1-5,14H,(H,15,16). The van der Waals surface area contributed by atoms with E-state index < -0.39 is 11.8 Å². The third-order valence-electron chi connectivity index (χ3n) is 2.09. The summed E-state index contributed by atoms with van der Waals surface area (Å²) in [7, 11) is 0. The zero-order valence-electron chi connectivity index (χ0n) is 8.41. The highest BCUT2D eigenvalue weighted by molar-refractivity contribution is 14.1. The number of hydrogen-bond acceptors (Lipinski definition) is 3. The third kappa shape index (κ3) is 2.75. The van der Waals surface area contributed by atoms with Gasteiger partial charge in [0.15, 0.2) is 0 Å². The lowest BCUT2D eigenvalue weighted by molar-refractivity contribution is 0.0698. The van der Waals surface area contributed by atoms with Crippen LogP contribution < -0.4 is 5.32 Å². The summed E-state index contributed by atoms with van der Waals surface area (Å²) in [6, 6.07) is 4.72. The van der Waals surface area contributed by atoms with E-state index in [9.17, 15) is 9.18 Å². The molecule has 0 unspecified atom stereocenters. The average molecular weight is 363 g/mol. The summed E-state index contributed by atoms with van der Waals surface area (Å²) in [5.74, 6) is -1.43. The SMILES string of the molecule is O=C(O)c1cscc1Nc1ccc(I)cc1F. The molecular formula is C11H7FINO2S. The molecule has 3 nitrogen and oxygen atoms in total. The largest absolute Gasteiger partial charge is 0.478 e. The number of carbonyl (C=O) groups is 1. The summed E-state index contributed by atoms with van der Waals surface area (Å²) in [5.41, 5.74) is 0.821. The second kappa shape index (κ2) is 5.01. The summed E-state index contributed by atoms with van der Waals surface area (Å²) in [5, 5.41) is 14.8. The van der Waals surface area contributed by atoms with Gasteiger partial charge in [-0.05, 0) is 40.8 Å². The first-order valence-electron chi connectivity index (χ1n) is 4.59. The topological polar surface area (TPSA) is 49.3 Å². The first-order valence-corrected chi connectivity index (χ1v) is 6.61. The fraction of sp³-hybridized carbons (Fsp3) is 0. The molecule has 17 heavy (non-hydrogen) atoms. The molecule has 0 bridgehead atoms. The van der Waals surface area contributed by atoms with Crippen molar-refractivity contribution in [2.24, 2.45) is 0 Å². The number of aromatic carboxylic acids is 1. The maximum atomic E-state index is 13.6. The number of thiophene rings is 1. The molecule has 1 aromatic heterocycles. The van der Waals surface area contributed by atoms with Crippen LogP contribution >= 0.6 is 33.9 Å². The first-order chi connectivity index (χ1) is 8.08. The van der Waals surface area contributed by atoms with E-state index in [1.54, 1.807) is 17.5 Å². The highest BCUT2D eigenvalue weighted by Gasteiger charge is 2.12. The maximum Gasteiger partial charge on any atom is 0.338 e. The fourth-order valence-electron chi connectivity index (χ4n) is 1.30. The molecule has 1 heterocycles. The van der Waals surface area contributed by atoms with E-state index in [1.165, 1.54) is 22.8 Å². The molecule has 2 N–H and O–H groups in total. The van der Waals surface area contributed by atoms with Crippen LogP contribution in [0.15, 0.2) is 29.0 Å². The maximum absolute atomic E-state index is 13.6. The highest BCUT2D eigenvalue weighted by atomic mass is 127. The van der Waals surface area contributed by atoms with E-state index in [0.717, 1.165) is 3.57 Å². The molecule has 0 aliphatic heterocycles. The van der Waals surface area contributed by atoms with Crippen LogP contribution in [0.2, 0.25) is 0 Å². The second-order valence-corrected chi connectivity index (χ2v) is 5.24. The lowest BCUT2D eigenvalue weighted by atomic mass is 10.2. The van der Waals surface area contributed by atoms with E-state index in [1.807, 2.05) is 22.6 Å². The van der Waals surface area contributed by atoms with Crippen LogP contribution in [0.4, 0.5) is 15.8 Å². The number of anilines is 2. The molecule has 0 atom stereocenters. The number of benzene rings is 1. The van der Waals surface area contributed by atoms with Gasteiger partial charge in [-0.2, -0.15) is 0 Å². The lowest BCUT2D eigenvalue weighted by Crippen LogP contribution is -2.00. The van der Waals surface area contributed by atoms with Gasteiger partial charge < -0.3 is 10.4 Å². The summed E-state index contributed by atoms with van der Waals surface area (Å²) in [6.07, 6.45) is 0. The predicted molar refractivity (Wildman–Crippen MR) is 73.7 cm³/mol. The van der Waals surface area contributed by atoms with Crippen LogP contribution in [-0.4, -0.2) is 11.1 Å². The Morgan fingerprint density at radius 3 is 2.76 bits per heavy atom. The normalized spacial score (nSPS) is 10.2. The monoisotopic (exact) mass is 363 g/mol. The van der Waals surface area contributed by atoms with Gasteiger partial charge in [0.2, 0.25) is 0 Å². The van der Waals surface area contributed by atoms with Crippen molar-refractivity contribution >= 4 is 51.3 Å². The van der Waals surface area contributed by atoms with Crippen LogP contribution in [0.3, 0.4) is 0 Å². The Hall–Kier alpha value is -1.15. The molecule has 2 rings (SSSR count). The summed E-state index contributed by atoms with van der Waals surface area (Å²) in [6.45, 7) is 0. The van der Waals surface area contributed by atoms with Crippen LogP contribution in [0.5, 0.6) is 0 Å². The molecule has 0 radical (unpaired) electrons. The van der Waals surface area contributed by atoms with Gasteiger partial charge in [-0.3, -0.25) is 0 Å². The van der Waals surface area contributed by atoms with Crippen molar-refractivity contribution in [3.8, 4) is 0 Å². The molecule has 0 aliphatic rings. The van der Waals surface area contributed by atoms with E-state index in [-0.39, 0.29) is 11.3 Å². The molecule has 2 aromatic rings. The molecule has 0 spiro atoms. The molecule has 0 amide bonds. The number of hydrogen-bond donors (Lipinski definition) is 2. The molecule has 0 saturated heterocycles. The van der Waals surface area contributed by atoms with Gasteiger partial charge >= 0.3 is 5.97 Å². The van der Waals surface area contributed by atoms with Gasteiger partial charge in [0.05, 0.1) is 16.9 Å². The van der Waals surface area contributed by atoms with Crippen molar-refractivity contribution in [2.45, 2.75) is 0 Å². The Morgan fingerprint density at radius 1 is 1.35 bits per heavy atom. The lowest BCUT2D eigenvalue weighted by Gasteiger charge is -2.07. The molecule has 1 aromatic carbocycles. The van der Waals surface area contributed by atoms with Gasteiger partial charge in [-0.1, -0.05) is 0 Å². The minimum Gasteiger partial charge on any atom is -0.478 e. The Morgan fingerprint density at radius 2 is 2.12 bits per heavy atom. The Balaban J connectivity index is 2.31. The summed E-state index contributed by atoms with van der Waals surface area (Å²) < 4.78 is 14.4. The molecule has 0 fully saturated rings. The van der Waals surface area contributed by atoms with E-state index in [4.69, 9.17) is 5.11 Å². The molecule has 6 heteroatoms. The van der Waals surface area contributed by atoms with Crippen LogP contribution in [0, 0.1) is 9.39 Å². The number of nitrogens with one attached hydrogen (secondary N) is 1. The third-order valence-corrected chi connectivity index (χ3v) is 3.51. The van der Waals surface area contributed by atoms with E-state index in [2.05, 4.69) is 5.32 Å². The highest BCUT2D eigenvalue weighted by Crippen LogP contribution is 2.27. The zero-order chi connectivity index (χ0) is 12.4. The number of carboxylic acids is 1. The van der Waals surface area contributed by atoms with E-state index in [0.29, 0.717) is 5.69 Å². The smallest absolute Gasteiger partial charge is 0.338 e. The van der Waals surface area contributed by atoms with Crippen molar-refractivity contribution in [1.82, 2.24) is 0 Å². The molecular weight excluding hydrogens is 356 g/mol. The summed E-state index contributed by atoms with van der Waals surface area (Å²) >= 11 is 3.26. The van der Waals surface area contributed by atoms with E-state index >= 15 is 0 Å². The zero-order valence-corrected chi connectivity index (χ0v) is 11.4. The summed E-state index contributed by atoms with van der Waals surface area (Å²) in [4.78, 5) is 10.9. The number of carboxylic acid groups (broad SMARTS) is 1. The van der Waals surface area contributed by atoms with Gasteiger partial charge in [-0.15, -0.1) is 11.3 Å². The molecule has 88 valence electrons. The van der Waals surface area contributed by atoms with Crippen molar-refractivity contribution in [1.29, 1.82) is 0 Å². The number of rotatable bonds is 3.